The van der Waals surface area contributed by atoms with Gasteiger partial charge in [-0.1, -0.05) is 0 Å². The Morgan fingerprint density at radius 1 is 1.75 bits per heavy atom. The van der Waals surface area contributed by atoms with Crippen LogP contribution in [0.15, 0.2) is 0 Å². The summed E-state index contributed by atoms with van der Waals surface area (Å²) in [6.45, 7) is 1.21. The third kappa shape index (κ3) is 5.35. The zero-order chi connectivity index (χ0) is 6.57. The van der Waals surface area contributed by atoms with E-state index in [-0.39, 0.29) is 6.73 Å². The largest absolute Gasteiger partial charge is 0.447 e. The van der Waals surface area contributed by atoms with Crippen LogP contribution in [-0.4, -0.2) is 17.8 Å². The van der Waals surface area contributed by atoms with Gasteiger partial charge in [-0.2, -0.15) is 0 Å². The normalized spacial score (nSPS) is 9.50. The molecule has 48 valence electrons. The summed E-state index contributed by atoms with van der Waals surface area (Å²) in [5.74, 6) is 9.35. The van der Waals surface area contributed by atoms with Crippen LogP contribution in [0, 0.1) is 0 Å². The molecular formula is C3H9N3O2. The standard InChI is InChI=1S/C3H9N3O2/c1-3(7)8-2-6(4)5/h2,4-5H2,1H3. The maximum absolute atomic E-state index is 9.99. The SMILES string of the molecule is CC(=O)OCN(N)N. The van der Waals surface area contributed by atoms with Crippen molar-refractivity contribution in [1.29, 1.82) is 0 Å². The van der Waals surface area contributed by atoms with E-state index in [9.17, 15) is 4.79 Å². The van der Waals surface area contributed by atoms with Crippen molar-refractivity contribution in [3.05, 3.63) is 0 Å². The Kier molecular flexibility index (Phi) is 3.09. The van der Waals surface area contributed by atoms with E-state index in [0.717, 1.165) is 5.12 Å². The van der Waals surface area contributed by atoms with Crippen molar-refractivity contribution in [2.24, 2.45) is 11.7 Å². The lowest BCUT2D eigenvalue weighted by Crippen LogP contribution is -2.40. The number of esters is 1. The van der Waals surface area contributed by atoms with Crippen molar-refractivity contribution in [2.75, 3.05) is 6.73 Å². The number of hydrogen-bond donors (Lipinski definition) is 2. The zero-order valence-corrected chi connectivity index (χ0v) is 4.63. The highest BCUT2D eigenvalue weighted by molar-refractivity contribution is 5.65. The summed E-state index contributed by atoms with van der Waals surface area (Å²) in [4.78, 5) is 9.99. The summed E-state index contributed by atoms with van der Waals surface area (Å²) in [5, 5.41) is 0.779. The summed E-state index contributed by atoms with van der Waals surface area (Å²) < 4.78 is 4.34. The third-order valence-electron chi connectivity index (χ3n) is 0.417. The summed E-state index contributed by atoms with van der Waals surface area (Å²) >= 11 is 0. The minimum Gasteiger partial charge on any atom is -0.447 e. The van der Waals surface area contributed by atoms with E-state index in [0.29, 0.717) is 0 Å². The van der Waals surface area contributed by atoms with Crippen LogP contribution in [-0.2, 0) is 9.53 Å². The highest BCUT2D eigenvalue weighted by Gasteiger charge is 1.91. The Morgan fingerprint density at radius 2 is 2.25 bits per heavy atom. The monoisotopic (exact) mass is 119 g/mol. The maximum atomic E-state index is 9.99. The van der Waals surface area contributed by atoms with Gasteiger partial charge >= 0.3 is 5.97 Å². The van der Waals surface area contributed by atoms with Gasteiger partial charge in [0.2, 0.25) is 0 Å². The minimum absolute atomic E-state index is 0.0741. The minimum atomic E-state index is -0.397. The molecule has 0 saturated carbocycles. The van der Waals surface area contributed by atoms with Crippen molar-refractivity contribution in [2.45, 2.75) is 6.92 Å². The molecule has 0 aromatic heterocycles. The molecular weight excluding hydrogens is 110 g/mol. The molecule has 0 unspecified atom stereocenters. The average Bonchev–Trinajstić information content (AvgIpc) is 1.61. The lowest BCUT2D eigenvalue weighted by Gasteiger charge is -2.06. The van der Waals surface area contributed by atoms with Crippen LogP contribution in [0.25, 0.3) is 0 Å². The van der Waals surface area contributed by atoms with Gasteiger partial charge in [0.05, 0.1) is 0 Å². The molecule has 0 aromatic rings. The lowest BCUT2D eigenvalue weighted by molar-refractivity contribution is -0.146. The van der Waals surface area contributed by atoms with E-state index in [1.54, 1.807) is 0 Å². The number of hydrazine groups is 2. The molecule has 5 heteroatoms. The van der Waals surface area contributed by atoms with Gasteiger partial charge in [0.15, 0.2) is 6.73 Å². The van der Waals surface area contributed by atoms with Crippen molar-refractivity contribution in [3.8, 4) is 0 Å². The smallest absolute Gasteiger partial charge is 0.304 e. The Morgan fingerprint density at radius 3 is 2.38 bits per heavy atom. The van der Waals surface area contributed by atoms with E-state index < -0.39 is 5.97 Å². The molecule has 5 nitrogen and oxygen atoms in total. The first-order chi connectivity index (χ1) is 3.63. The van der Waals surface area contributed by atoms with Gasteiger partial charge in [0.1, 0.15) is 0 Å². The van der Waals surface area contributed by atoms with Gasteiger partial charge < -0.3 is 4.74 Å². The molecule has 4 N–H and O–H groups in total. The number of ether oxygens (including phenoxy) is 1. The zero-order valence-electron chi connectivity index (χ0n) is 4.63. The molecule has 0 aliphatic heterocycles. The predicted octanol–water partition coefficient (Wildman–Crippen LogP) is -1.44. The lowest BCUT2D eigenvalue weighted by atomic mass is 10.8. The fraction of sp³-hybridized carbons (Fsp3) is 0.667. The highest BCUT2D eigenvalue weighted by Crippen LogP contribution is 1.72. The molecule has 0 fully saturated rings. The summed E-state index contributed by atoms with van der Waals surface area (Å²) in [6.07, 6.45) is 0. The summed E-state index contributed by atoms with van der Waals surface area (Å²) in [6, 6.07) is 0. The van der Waals surface area contributed by atoms with Crippen LogP contribution < -0.4 is 11.7 Å². The molecule has 0 aliphatic carbocycles. The van der Waals surface area contributed by atoms with Gasteiger partial charge in [-0.05, 0) is 0 Å². The van der Waals surface area contributed by atoms with Gasteiger partial charge in [0, 0.05) is 6.92 Å². The van der Waals surface area contributed by atoms with Crippen LogP contribution in [0.2, 0.25) is 0 Å². The van der Waals surface area contributed by atoms with Crippen molar-refractivity contribution in [1.82, 2.24) is 5.12 Å². The van der Waals surface area contributed by atoms with Crippen LogP contribution >= 0.6 is 0 Å². The number of rotatable bonds is 2. The second-order valence-corrected chi connectivity index (χ2v) is 1.28. The van der Waals surface area contributed by atoms with E-state index in [4.69, 9.17) is 11.7 Å². The summed E-state index contributed by atoms with van der Waals surface area (Å²) in [7, 11) is 0. The van der Waals surface area contributed by atoms with Crippen molar-refractivity contribution in [3.63, 3.8) is 0 Å². The topological polar surface area (TPSA) is 81.6 Å². The second-order valence-electron chi connectivity index (χ2n) is 1.28. The molecule has 0 heterocycles. The Labute approximate surface area is 47.1 Å². The number of nitrogens with zero attached hydrogens (tertiary/aromatic N) is 1. The Bertz CT molecular complexity index is 82.6. The molecule has 0 aliphatic rings. The molecule has 0 bridgehead atoms. The van der Waals surface area contributed by atoms with Crippen molar-refractivity contribution < 1.29 is 9.53 Å². The van der Waals surface area contributed by atoms with Crippen LogP contribution in [0.1, 0.15) is 6.92 Å². The van der Waals surface area contributed by atoms with E-state index in [2.05, 4.69) is 4.74 Å². The van der Waals surface area contributed by atoms with Gasteiger partial charge in [0.25, 0.3) is 0 Å². The van der Waals surface area contributed by atoms with Gasteiger partial charge in [-0.25, -0.2) is 0 Å². The van der Waals surface area contributed by atoms with Gasteiger partial charge in [-0.3, -0.25) is 16.5 Å². The highest BCUT2D eigenvalue weighted by atomic mass is 16.5. The maximum Gasteiger partial charge on any atom is 0.304 e. The van der Waals surface area contributed by atoms with E-state index >= 15 is 0 Å². The van der Waals surface area contributed by atoms with E-state index in [1.165, 1.54) is 6.92 Å². The Balaban J connectivity index is 3.05. The number of carbonyl (C=O) groups is 1. The second kappa shape index (κ2) is 3.36. The summed E-state index contributed by atoms with van der Waals surface area (Å²) in [5.41, 5.74) is 0. The van der Waals surface area contributed by atoms with E-state index in [1.807, 2.05) is 0 Å². The molecule has 0 radical (unpaired) electrons. The van der Waals surface area contributed by atoms with Crippen LogP contribution in [0.4, 0.5) is 0 Å². The molecule has 0 atom stereocenters. The number of carbonyl (C=O) groups excluding carboxylic acids is 1. The molecule has 0 amide bonds. The average molecular weight is 119 g/mol. The number of hydrogen-bond acceptors (Lipinski definition) is 5. The predicted molar refractivity (Wildman–Crippen MR) is 26.8 cm³/mol. The van der Waals surface area contributed by atoms with Crippen LogP contribution in [0.5, 0.6) is 0 Å². The Hall–Kier alpha value is -0.650. The van der Waals surface area contributed by atoms with Gasteiger partial charge in [-0.15, -0.1) is 5.12 Å². The fourth-order valence-corrected chi connectivity index (χ4v) is 0.165. The molecule has 0 aromatic carbocycles. The molecule has 8 heavy (non-hydrogen) atoms. The molecule has 0 rings (SSSR count). The molecule has 0 saturated heterocycles. The first kappa shape index (κ1) is 7.35. The first-order valence-electron chi connectivity index (χ1n) is 2.03. The van der Waals surface area contributed by atoms with Crippen LogP contribution in [0.3, 0.4) is 0 Å². The number of nitrogens with two attached hydrogens (primary N) is 2. The quantitative estimate of drug-likeness (QED) is 0.201. The third-order valence-corrected chi connectivity index (χ3v) is 0.417. The molecule has 0 spiro atoms. The fourth-order valence-electron chi connectivity index (χ4n) is 0.165. The van der Waals surface area contributed by atoms with Crippen molar-refractivity contribution >= 4 is 5.97 Å². The first-order valence-corrected chi connectivity index (χ1v) is 2.03.